The van der Waals surface area contributed by atoms with Gasteiger partial charge in [-0.05, 0) is 17.7 Å². The highest BCUT2D eigenvalue weighted by molar-refractivity contribution is 7.76. The van der Waals surface area contributed by atoms with Gasteiger partial charge < -0.3 is 25.5 Å². The Balaban J connectivity index is 3.12. The lowest BCUT2D eigenvalue weighted by Crippen LogP contribution is -2.49. The van der Waals surface area contributed by atoms with E-state index in [9.17, 15) is 19.8 Å². The topological polar surface area (TPSA) is 176 Å². The Morgan fingerprint density at radius 1 is 1.06 bits per heavy atom. The molecule has 0 fully saturated rings. The predicted octanol–water partition coefficient (Wildman–Crippen LogP) is -2.96. The molecule has 8 nitrogen and oxygen atoms in total. The maximum Gasteiger partial charge on any atom is 0.344 e. The van der Waals surface area contributed by atoms with Crippen molar-refractivity contribution in [1.82, 2.24) is 0 Å². The molecule has 0 spiro atoms. The number of nitrogen functional groups attached to an aromatic ring is 1. The van der Waals surface area contributed by atoms with E-state index in [-0.39, 0.29) is 5.56 Å². The van der Waals surface area contributed by atoms with Gasteiger partial charge in [-0.15, -0.1) is 0 Å². The highest BCUT2D eigenvalue weighted by Crippen LogP contribution is 2.70. The van der Waals surface area contributed by atoms with Gasteiger partial charge in [0.25, 0.3) is 0 Å². The Morgan fingerprint density at radius 2 is 1.50 bits per heavy atom. The fourth-order valence-corrected chi connectivity index (χ4v) is 3.36. The van der Waals surface area contributed by atoms with Crippen molar-refractivity contribution in [2.45, 2.75) is 11.5 Å². The van der Waals surface area contributed by atoms with Crippen LogP contribution in [0.25, 0.3) is 0 Å². The highest BCUT2D eigenvalue weighted by atomic mass is 31.3. The van der Waals surface area contributed by atoms with Crippen molar-refractivity contribution in [2.75, 3.05) is 5.73 Å². The summed E-state index contributed by atoms with van der Waals surface area (Å²) in [7, 11) is -11.2. The van der Waals surface area contributed by atoms with Gasteiger partial charge in [0.2, 0.25) is 0 Å². The molecule has 0 aliphatic rings. The van der Waals surface area contributed by atoms with Crippen molar-refractivity contribution in [3.63, 3.8) is 0 Å². The van der Waals surface area contributed by atoms with Crippen LogP contribution in [0, 0.1) is 0 Å². The van der Waals surface area contributed by atoms with Gasteiger partial charge >= 0.3 is 13.0 Å². The van der Waals surface area contributed by atoms with E-state index in [1.54, 1.807) is 0 Å². The molecule has 18 heavy (non-hydrogen) atoms. The zero-order valence-electron chi connectivity index (χ0n) is 9.00. The third-order valence-corrected chi connectivity index (χ3v) is 6.03. The van der Waals surface area contributed by atoms with E-state index >= 15 is 0 Å². The molecule has 1 unspecified atom stereocenters. The first kappa shape index (κ1) is 15.7. The SMILES string of the molecule is Nc1ccc(CC(O)([P+]([O-])([O-])O)[P+]([O-])(O)O)cc1. The summed E-state index contributed by atoms with van der Waals surface area (Å²) >= 11 is 0. The number of benzene rings is 1. The molecular weight excluding hydrogens is 284 g/mol. The van der Waals surface area contributed by atoms with Crippen LogP contribution in [0.3, 0.4) is 0 Å². The van der Waals surface area contributed by atoms with Gasteiger partial charge in [0.05, 0.1) is 6.42 Å². The van der Waals surface area contributed by atoms with Crippen molar-refractivity contribution in [1.29, 1.82) is 0 Å². The van der Waals surface area contributed by atoms with Crippen molar-refractivity contribution in [2.24, 2.45) is 0 Å². The Hall–Kier alpha value is -0.400. The predicted molar refractivity (Wildman–Crippen MR) is 60.0 cm³/mol. The van der Waals surface area contributed by atoms with Gasteiger partial charge in [-0.2, -0.15) is 0 Å². The number of hydrogen-bond donors (Lipinski definition) is 5. The van der Waals surface area contributed by atoms with Crippen molar-refractivity contribution >= 4 is 21.6 Å². The lowest BCUT2D eigenvalue weighted by molar-refractivity contribution is -0.347. The number of nitrogens with two attached hydrogens (primary N) is 1. The molecule has 1 atom stereocenters. The molecule has 0 amide bonds. The molecule has 0 bridgehead atoms. The first-order valence-corrected chi connectivity index (χ1v) is 7.83. The average Bonchev–Trinajstić information content (AvgIpc) is 2.18. The summed E-state index contributed by atoms with van der Waals surface area (Å²) < 4.78 is 0. The van der Waals surface area contributed by atoms with E-state index < -0.39 is 27.4 Å². The van der Waals surface area contributed by atoms with E-state index in [4.69, 9.17) is 20.4 Å². The molecule has 0 saturated carbocycles. The summed E-state index contributed by atoms with van der Waals surface area (Å²) in [6, 6.07) is 5.29. The van der Waals surface area contributed by atoms with Gasteiger partial charge in [-0.1, -0.05) is 12.1 Å². The first-order chi connectivity index (χ1) is 7.97. The van der Waals surface area contributed by atoms with E-state index in [1.165, 1.54) is 24.3 Å². The molecule has 0 aliphatic heterocycles. The minimum Gasteiger partial charge on any atom is -0.654 e. The fourth-order valence-electron chi connectivity index (χ4n) is 1.28. The number of rotatable bonds is 4. The van der Waals surface area contributed by atoms with Crippen molar-refractivity contribution in [3.8, 4) is 0 Å². The van der Waals surface area contributed by atoms with Crippen LogP contribution in [-0.2, 0) is 6.42 Å². The van der Waals surface area contributed by atoms with Gasteiger partial charge in [0.15, 0.2) is 0 Å². The highest BCUT2D eigenvalue weighted by Gasteiger charge is 2.62. The van der Waals surface area contributed by atoms with Crippen LogP contribution in [0.5, 0.6) is 0 Å². The molecule has 0 aliphatic carbocycles. The van der Waals surface area contributed by atoms with Crippen LogP contribution < -0.4 is 20.4 Å². The first-order valence-electron chi connectivity index (χ1n) is 4.64. The van der Waals surface area contributed by atoms with Crippen molar-refractivity contribution < 1.29 is 34.5 Å². The Bertz CT molecular complexity index is 397. The largest absolute Gasteiger partial charge is 0.654 e. The molecule has 1 aromatic carbocycles. The van der Waals surface area contributed by atoms with E-state index in [2.05, 4.69) is 0 Å². The summed E-state index contributed by atoms with van der Waals surface area (Å²) in [5.74, 6) is 0. The Labute approximate surface area is 104 Å². The van der Waals surface area contributed by atoms with Gasteiger partial charge in [0.1, 0.15) is 7.94 Å². The summed E-state index contributed by atoms with van der Waals surface area (Å²) in [5, 5.41) is 6.04. The molecule has 6 N–H and O–H groups in total. The third kappa shape index (κ3) is 3.13. The monoisotopic (exact) mass is 296 g/mol. The summed E-state index contributed by atoms with van der Waals surface area (Å²) in [6.45, 7) is 0. The molecule has 0 saturated heterocycles. The van der Waals surface area contributed by atoms with Crippen LogP contribution in [-0.4, -0.2) is 24.9 Å². The van der Waals surface area contributed by atoms with Crippen LogP contribution in [0.1, 0.15) is 5.56 Å². The molecule has 0 heterocycles. The van der Waals surface area contributed by atoms with Gasteiger partial charge in [-0.3, -0.25) is 4.89 Å². The Kier molecular flexibility index (Phi) is 4.30. The zero-order chi connectivity index (χ0) is 14.2. The zero-order valence-corrected chi connectivity index (χ0v) is 10.8. The van der Waals surface area contributed by atoms with E-state index in [0.29, 0.717) is 5.69 Å². The summed E-state index contributed by atoms with van der Waals surface area (Å²) in [4.78, 5) is 59.6. The fraction of sp³-hybridized carbons (Fsp3) is 0.250. The van der Waals surface area contributed by atoms with Crippen LogP contribution in [0.2, 0.25) is 0 Å². The second-order valence-electron chi connectivity index (χ2n) is 3.76. The van der Waals surface area contributed by atoms with Crippen LogP contribution >= 0.6 is 15.9 Å². The maximum absolute atomic E-state index is 11.1. The van der Waals surface area contributed by atoms with Gasteiger partial charge in [0, 0.05) is 5.69 Å². The van der Waals surface area contributed by atoms with E-state index in [0.717, 1.165) is 0 Å². The lowest BCUT2D eigenvalue weighted by atomic mass is 10.1. The second-order valence-corrected chi connectivity index (χ2v) is 7.72. The normalized spacial score (nSPS) is 16.4. The van der Waals surface area contributed by atoms with E-state index in [1.807, 2.05) is 0 Å². The molecular formula is C8H12NO7P2-. The minimum absolute atomic E-state index is 0.0974. The summed E-state index contributed by atoms with van der Waals surface area (Å²) in [5.41, 5.74) is 5.83. The number of aliphatic hydroxyl groups is 1. The molecule has 0 aromatic heterocycles. The molecule has 10 heteroatoms. The van der Waals surface area contributed by atoms with Crippen LogP contribution in [0.15, 0.2) is 24.3 Å². The summed E-state index contributed by atoms with van der Waals surface area (Å²) in [6.07, 6.45) is -0.950. The maximum atomic E-state index is 11.1. The van der Waals surface area contributed by atoms with Crippen molar-refractivity contribution in [3.05, 3.63) is 29.8 Å². The molecule has 0 radical (unpaired) electrons. The number of anilines is 1. The standard InChI is InChI=1S/C8H13NO7P2/c9-7-3-1-6(2-4-7)5-8(10,17(11,12)13)18(14,15)16/h1-4,10H,5,9H2,(H2,11,12,13)(H2,14,15,16)/p-1. The molecule has 102 valence electrons. The average molecular weight is 296 g/mol. The Morgan fingerprint density at radius 3 is 1.83 bits per heavy atom. The quantitative estimate of drug-likeness (QED) is 0.289. The molecule has 1 rings (SSSR count). The van der Waals surface area contributed by atoms with Crippen LogP contribution in [0.4, 0.5) is 5.69 Å². The lowest BCUT2D eigenvalue weighted by Gasteiger charge is -2.43. The minimum atomic E-state index is -5.68. The molecule has 1 aromatic rings. The third-order valence-electron chi connectivity index (χ3n) is 2.34. The second kappa shape index (κ2) is 4.94. The van der Waals surface area contributed by atoms with Gasteiger partial charge in [-0.25, -0.2) is 9.79 Å². The smallest absolute Gasteiger partial charge is 0.344 e. The number of hydrogen-bond acceptors (Lipinski definition) is 8.